The molecule has 3 heterocycles. The number of amides is 2. The standard InChI is InChI=1S/C26H24F3N3O2/c1-13(2)7-8-31-11-16-22(15-9-17(27)25(29)18(28)10-15)24-20(12-32(14(3)33)26(24)34)30-19-5-4-6-21(31)23(16)19/h4-6,9-11,13,22,30H,7-8,12H2,1-3H3/t22-/m0/s1. The second kappa shape index (κ2) is 8.04. The van der Waals surface area contributed by atoms with E-state index < -0.39 is 35.2 Å². The van der Waals surface area contributed by atoms with Crippen molar-refractivity contribution in [3.8, 4) is 0 Å². The van der Waals surface area contributed by atoms with Gasteiger partial charge in [0, 0.05) is 42.4 Å². The number of carbonyl (C=O) groups excluding carboxylic acids is 2. The number of hydrogen-bond donors (Lipinski definition) is 1. The Balaban J connectivity index is 1.78. The number of imide groups is 1. The predicted octanol–water partition coefficient (Wildman–Crippen LogP) is 5.30. The van der Waals surface area contributed by atoms with Gasteiger partial charge in [-0.05, 0) is 47.7 Å². The summed E-state index contributed by atoms with van der Waals surface area (Å²) in [6.45, 7) is 6.29. The summed E-state index contributed by atoms with van der Waals surface area (Å²) < 4.78 is 44.6. The summed E-state index contributed by atoms with van der Waals surface area (Å²) in [5, 5.41) is 4.14. The highest BCUT2D eigenvalue weighted by atomic mass is 19.2. The van der Waals surface area contributed by atoms with Crippen LogP contribution in [0.2, 0.25) is 0 Å². The molecule has 1 atom stereocenters. The number of halogens is 3. The van der Waals surface area contributed by atoms with Gasteiger partial charge in [-0.1, -0.05) is 19.9 Å². The van der Waals surface area contributed by atoms with Crippen LogP contribution < -0.4 is 5.32 Å². The predicted molar refractivity (Wildman–Crippen MR) is 123 cm³/mol. The van der Waals surface area contributed by atoms with Crippen molar-refractivity contribution in [3.05, 3.63) is 76.4 Å². The summed E-state index contributed by atoms with van der Waals surface area (Å²) in [6.07, 6.45) is 2.82. The van der Waals surface area contributed by atoms with Gasteiger partial charge in [0.1, 0.15) is 0 Å². The molecule has 0 spiro atoms. The Morgan fingerprint density at radius 2 is 1.88 bits per heavy atom. The van der Waals surface area contributed by atoms with Gasteiger partial charge in [-0.2, -0.15) is 0 Å². The van der Waals surface area contributed by atoms with Crippen molar-refractivity contribution in [3.63, 3.8) is 0 Å². The Kier molecular flexibility index (Phi) is 5.26. The number of carbonyl (C=O) groups is 2. The zero-order valence-corrected chi connectivity index (χ0v) is 19.1. The van der Waals surface area contributed by atoms with Crippen LogP contribution in [-0.2, 0) is 16.1 Å². The van der Waals surface area contributed by atoms with Crippen molar-refractivity contribution in [2.24, 2.45) is 5.92 Å². The summed E-state index contributed by atoms with van der Waals surface area (Å²) in [5.74, 6) is -5.59. The third-order valence-corrected chi connectivity index (χ3v) is 6.60. The molecule has 0 saturated carbocycles. The Hall–Kier alpha value is -3.55. The molecule has 176 valence electrons. The molecule has 5 rings (SSSR count). The highest BCUT2D eigenvalue weighted by Crippen LogP contribution is 2.46. The molecule has 0 radical (unpaired) electrons. The second-order valence-electron chi connectivity index (χ2n) is 9.32. The minimum Gasteiger partial charge on any atom is -0.356 e. The van der Waals surface area contributed by atoms with E-state index in [0.29, 0.717) is 17.2 Å². The third-order valence-electron chi connectivity index (χ3n) is 6.60. The molecule has 0 bridgehead atoms. The molecule has 34 heavy (non-hydrogen) atoms. The smallest absolute Gasteiger partial charge is 0.259 e. The number of aryl methyl sites for hydroxylation is 1. The first kappa shape index (κ1) is 22.3. The average molecular weight is 467 g/mol. The monoisotopic (exact) mass is 467 g/mol. The van der Waals surface area contributed by atoms with E-state index in [-0.39, 0.29) is 17.7 Å². The number of aromatic nitrogens is 1. The summed E-state index contributed by atoms with van der Waals surface area (Å²) in [4.78, 5) is 26.6. The molecule has 2 amide bonds. The van der Waals surface area contributed by atoms with E-state index in [2.05, 4.69) is 23.7 Å². The normalized spacial score (nSPS) is 17.4. The van der Waals surface area contributed by atoms with E-state index in [9.17, 15) is 22.8 Å². The lowest BCUT2D eigenvalue weighted by atomic mass is 9.84. The topological polar surface area (TPSA) is 54.3 Å². The zero-order valence-electron chi connectivity index (χ0n) is 19.1. The third kappa shape index (κ3) is 3.40. The molecule has 0 unspecified atom stereocenters. The van der Waals surface area contributed by atoms with E-state index in [4.69, 9.17) is 0 Å². The van der Waals surface area contributed by atoms with Gasteiger partial charge in [-0.3, -0.25) is 14.5 Å². The van der Waals surface area contributed by atoms with Gasteiger partial charge in [0.25, 0.3) is 5.91 Å². The first-order valence-corrected chi connectivity index (χ1v) is 11.3. The summed E-state index contributed by atoms with van der Waals surface area (Å²) in [5.41, 5.74) is 3.19. The summed E-state index contributed by atoms with van der Waals surface area (Å²) in [7, 11) is 0. The van der Waals surface area contributed by atoms with Crippen molar-refractivity contribution in [1.82, 2.24) is 9.47 Å². The lowest BCUT2D eigenvalue weighted by Crippen LogP contribution is -2.33. The molecule has 0 fully saturated rings. The maximum atomic E-state index is 14.3. The maximum absolute atomic E-state index is 14.3. The molecule has 1 aromatic heterocycles. The quantitative estimate of drug-likeness (QED) is 0.530. The number of anilines is 1. The molecule has 8 heteroatoms. The number of nitrogens with zero attached hydrogens (tertiary/aromatic N) is 2. The van der Waals surface area contributed by atoms with Crippen LogP contribution in [0.25, 0.3) is 10.9 Å². The number of hydrogen-bond acceptors (Lipinski definition) is 3. The Morgan fingerprint density at radius 1 is 1.18 bits per heavy atom. The van der Waals surface area contributed by atoms with Crippen molar-refractivity contribution in [2.75, 3.05) is 11.9 Å². The molecule has 2 aliphatic heterocycles. The number of rotatable bonds is 4. The second-order valence-corrected chi connectivity index (χ2v) is 9.32. The van der Waals surface area contributed by atoms with Crippen LogP contribution in [0.4, 0.5) is 18.9 Å². The molecule has 2 aliphatic rings. The maximum Gasteiger partial charge on any atom is 0.259 e. The summed E-state index contributed by atoms with van der Waals surface area (Å²) in [6, 6.07) is 7.61. The van der Waals surface area contributed by atoms with Gasteiger partial charge in [0.05, 0.1) is 17.6 Å². The lowest BCUT2D eigenvalue weighted by Gasteiger charge is -2.20. The lowest BCUT2D eigenvalue weighted by molar-refractivity contribution is -0.139. The van der Waals surface area contributed by atoms with Gasteiger partial charge in [-0.15, -0.1) is 0 Å². The largest absolute Gasteiger partial charge is 0.356 e. The molecular formula is C26H24F3N3O2. The fraction of sp³-hybridized carbons (Fsp3) is 0.308. The number of nitrogens with one attached hydrogen (secondary N) is 1. The molecule has 0 saturated heterocycles. The van der Waals surface area contributed by atoms with Crippen LogP contribution >= 0.6 is 0 Å². The first-order valence-electron chi connectivity index (χ1n) is 11.3. The molecule has 2 aromatic carbocycles. The Bertz CT molecular complexity index is 1370. The minimum atomic E-state index is -1.56. The summed E-state index contributed by atoms with van der Waals surface area (Å²) >= 11 is 0. The van der Waals surface area contributed by atoms with Crippen molar-refractivity contribution >= 4 is 28.4 Å². The fourth-order valence-electron chi connectivity index (χ4n) is 4.94. The molecule has 3 aromatic rings. The van der Waals surface area contributed by atoms with Gasteiger partial charge in [0.15, 0.2) is 17.5 Å². The van der Waals surface area contributed by atoms with Crippen LogP contribution in [0.1, 0.15) is 44.2 Å². The van der Waals surface area contributed by atoms with E-state index in [1.807, 2.05) is 24.4 Å². The van der Waals surface area contributed by atoms with Crippen molar-refractivity contribution in [1.29, 1.82) is 0 Å². The van der Waals surface area contributed by atoms with Crippen LogP contribution in [-0.4, -0.2) is 27.8 Å². The van der Waals surface area contributed by atoms with Gasteiger partial charge in [0.2, 0.25) is 5.91 Å². The number of benzene rings is 2. The van der Waals surface area contributed by atoms with Gasteiger partial charge < -0.3 is 9.88 Å². The van der Waals surface area contributed by atoms with Gasteiger partial charge >= 0.3 is 0 Å². The zero-order chi connectivity index (χ0) is 24.3. The Morgan fingerprint density at radius 3 is 2.53 bits per heavy atom. The van der Waals surface area contributed by atoms with E-state index in [1.54, 1.807) is 0 Å². The van der Waals surface area contributed by atoms with Gasteiger partial charge in [-0.25, -0.2) is 13.2 Å². The molecule has 0 aliphatic carbocycles. The van der Waals surface area contributed by atoms with Crippen LogP contribution in [0, 0.1) is 23.4 Å². The molecule has 1 N–H and O–H groups in total. The minimum absolute atomic E-state index is 0.0279. The van der Waals surface area contributed by atoms with Crippen molar-refractivity contribution < 1.29 is 22.8 Å². The van der Waals surface area contributed by atoms with Crippen LogP contribution in [0.15, 0.2) is 47.8 Å². The molecule has 5 nitrogen and oxygen atoms in total. The Labute approximate surface area is 194 Å². The van der Waals surface area contributed by atoms with E-state index in [1.165, 1.54) is 6.92 Å². The average Bonchev–Trinajstić information content (AvgIpc) is 3.25. The van der Waals surface area contributed by atoms with E-state index in [0.717, 1.165) is 46.6 Å². The first-order chi connectivity index (χ1) is 16.2. The van der Waals surface area contributed by atoms with E-state index >= 15 is 0 Å². The van der Waals surface area contributed by atoms with Crippen molar-refractivity contribution in [2.45, 2.75) is 39.7 Å². The van der Waals surface area contributed by atoms with Crippen LogP contribution in [0.5, 0.6) is 0 Å². The highest BCUT2D eigenvalue weighted by Gasteiger charge is 2.42. The fourth-order valence-corrected chi connectivity index (χ4v) is 4.94. The highest BCUT2D eigenvalue weighted by molar-refractivity contribution is 6.11. The SMILES string of the molecule is CC(=O)N1CC2=C(C1=O)[C@@H](c1cc(F)c(F)c(F)c1)c1cn(CCC(C)C)c3cccc(c13)N2. The van der Waals surface area contributed by atoms with Crippen LogP contribution in [0.3, 0.4) is 0 Å². The molecular weight excluding hydrogens is 443 g/mol.